The molecule has 0 spiro atoms. The monoisotopic (exact) mass is 419 g/mol. The number of fused-ring (bicyclic) bond motifs is 1. The standard InChI is InChI=1S/C19H17F4N7/c1-9-8-27-16-15(9)13(4-5-26-16)28-12-3-2-10(6-11(12)20)18(25)7-14(19(21,22)23)29-17(24)30-18/h2-8H,25H2,1H3,(H3,24,29,30)(H2,26,27,28). The molecule has 0 fully saturated rings. The third-order valence-corrected chi connectivity index (χ3v) is 4.71. The number of hydrogen-bond acceptors (Lipinski definition) is 6. The third-order valence-electron chi connectivity index (χ3n) is 4.71. The Bertz CT molecular complexity index is 1200. The number of benzene rings is 1. The molecule has 0 amide bonds. The van der Waals surface area contributed by atoms with Crippen LogP contribution in [0.2, 0.25) is 0 Å². The van der Waals surface area contributed by atoms with Gasteiger partial charge in [0.2, 0.25) is 0 Å². The van der Waals surface area contributed by atoms with Crippen LogP contribution in [0.15, 0.2) is 53.4 Å². The number of H-pyrrole nitrogens is 1. The van der Waals surface area contributed by atoms with Crippen molar-refractivity contribution in [2.45, 2.75) is 18.8 Å². The SMILES string of the molecule is Cc1c[nH]c2nccc(Nc3ccc(C4(N)C=C(C(F)(F)F)NC(N)=N4)cc3F)c12. The zero-order valence-electron chi connectivity index (χ0n) is 15.6. The van der Waals surface area contributed by atoms with Crippen LogP contribution in [0.5, 0.6) is 0 Å². The molecule has 4 rings (SSSR count). The van der Waals surface area contributed by atoms with Gasteiger partial charge in [0.05, 0.1) is 11.4 Å². The number of halogens is 4. The summed E-state index contributed by atoms with van der Waals surface area (Å²) in [6.07, 6.45) is -0.699. The van der Waals surface area contributed by atoms with Crippen LogP contribution in [0.25, 0.3) is 11.0 Å². The quantitative estimate of drug-likeness (QED) is 0.418. The van der Waals surface area contributed by atoms with Crippen LogP contribution >= 0.6 is 0 Å². The van der Waals surface area contributed by atoms with Crippen molar-refractivity contribution in [1.29, 1.82) is 0 Å². The van der Waals surface area contributed by atoms with E-state index < -0.39 is 29.3 Å². The van der Waals surface area contributed by atoms with Gasteiger partial charge in [0.15, 0.2) is 11.6 Å². The van der Waals surface area contributed by atoms with Gasteiger partial charge >= 0.3 is 6.18 Å². The first kappa shape index (κ1) is 19.7. The van der Waals surface area contributed by atoms with Gasteiger partial charge in [0.1, 0.15) is 17.2 Å². The van der Waals surface area contributed by atoms with Gasteiger partial charge in [0, 0.05) is 23.3 Å². The van der Waals surface area contributed by atoms with Crippen LogP contribution in [-0.2, 0) is 5.66 Å². The minimum Gasteiger partial charge on any atom is -0.370 e. The molecular formula is C19H17F4N7. The minimum absolute atomic E-state index is 0.00875. The molecule has 156 valence electrons. The fraction of sp³-hybridized carbons (Fsp3) is 0.158. The number of aryl methyl sites for hydroxylation is 1. The van der Waals surface area contributed by atoms with Gasteiger partial charge in [-0.1, -0.05) is 6.07 Å². The maximum atomic E-state index is 14.8. The lowest BCUT2D eigenvalue weighted by atomic mass is 9.97. The molecule has 1 aromatic carbocycles. The molecule has 0 saturated heterocycles. The van der Waals surface area contributed by atoms with Crippen LogP contribution in [0.4, 0.5) is 28.9 Å². The first-order valence-electron chi connectivity index (χ1n) is 8.78. The number of nitrogens with one attached hydrogen (secondary N) is 3. The molecule has 0 aliphatic carbocycles. The predicted molar refractivity (Wildman–Crippen MR) is 105 cm³/mol. The molecule has 1 unspecified atom stereocenters. The molecule has 7 N–H and O–H groups in total. The summed E-state index contributed by atoms with van der Waals surface area (Å²) in [5.41, 5.74) is 10.7. The average molecular weight is 419 g/mol. The summed E-state index contributed by atoms with van der Waals surface area (Å²) in [5.74, 6) is -1.23. The molecule has 0 saturated carbocycles. The summed E-state index contributed by atoms with van der Waals surface area (Å²) in [7, 11) is 0. The zero-order chi connectivity index (χ0) is 21.7. The molecular weight excluding hydrogens is 402 g/mol. The number of aromatic nitrogens is 2. The lowest BCUT2D eigenvalue weighted by molar-refractivity contribution is -0.0959. The third kappa shape index (κ3) is 3.43. The highest BCUT2D eigenvalue weighted by Crippen LogP contribution is 2.34. The molecule has 1 aliphatic rings. The van der Waals surface area contributed by atoms with E-state index in [4.69, 9.17) is 11.5 Å². The van der Waals surface area contributed by atoms with E-state index in [2.05, 4.69) is 20.3 Å². The van der Waals surface area contributed by atoms with E-state index in [0.29, 0.717) is 17.4 Å². The number of hydrogen-bond donors (Lipinski definition) is 5. The van der Waals surface area contributed by atoms with Crippen LogP contribution in [0, 0.1) is 12.7 Å². The number of nitrogens with zero attached hydrogens (tertiary/aromatic N) is 2. The highest BCUT2D eigenvalue weighted by Gasteiger charge is 2.41. The van der Waals surface area contributed by atoms with Gasteiger partial charge in [-0.15, -0.1) is 0 Å². The van der Waals surface area contributed by atoms with Gasteiger partial charge in [0.25, 0.3) is 0 Å². The Labute approximate surface area is 167 Å². The number of anilines is 2. The fourth-order valence-electron chi connectivity index (χ4n) is 3.29. The van der Waals surface area contributed by atoms with Crippen molar-refractivity contribution < 1.29 is 17.6 Å². The molecule has 7 nitrogen and oxygen atoms in total. The Morgan fingerprint density at radius 3 is 2.63 bits per heavy atom. The van der Waals surface area contributed by atoms with E-state index in [1.807, 2.05) is 12.2 Å². The van der Waals surface area contributed by atoms with E-state index in [-0.39, 0.29) is 11.3 Å². The van der Waals surface area contributed by atoms with E-state index in [9.17, 15) is 17.6 Å². The van der Waals surface area contributed by atoms with Gasteiger partial charge in [-0.25, -0.2) is 14.4 Å². The number of aliphatic imine (C=N–C) groups is 1. The van der Waals surface area contributed by atoms with E-state index >= 15 is 0 Å². The van der Waals surface area contributed by atoms with Gasteiger partial charge in [-0.05, 0) is 36.8 Å². The van der Waals surface area contributed by atoms with Crippen molar-refractivity contribution in [3.05, 3.63) is 65.4 Å². The summed E-state index contributed by atoms with van der Waals surface area (Å²) in [6, 6.07) is 5.48. The molecule has 3 aromatic rings. The number of guanidine groups is 1. The van der Waals surface area contributed by atoms with Gasteiger partial charge < -0.3 is 21.4 Å². The number of rotatable bonds is 3. The Hall–Kier alpha value is -3.60. The van der Waals surface area contributed by atoms with Crippen molar-refractivity contribution in [3.8, 4) is 0 Å². The van der Waals surface area contributed by atoms with Gasteiger partial charge in [-0.2, -0.15) is 13.2 Å². The van der Waals surface area contributed by atoms with E-state index in [1.165, 1.54) is 12.1 Å². The van der Waals surface area contributed by atoms with Gasteiger partial charge in [-0.3, -0.25) is 5.73 Å². The van der Waals surface area contributed by atoms with Crippen molar-refractivity contribution >= 4 is 28.4 Å². The normalized spacial score (nSPS) is 19.3. The number of pyridine rings is 1. The number of nitrogens with two attached hydrogens (primary N) is 2. The molecule has 0 bridgehead atoms. The number of aromatic amines is 1. The maximum absolute atomic E-state index is 14.8. The van der Waals surface area contributed by atoms with E-state index in [1.54, 1.807) is 18.5 Å². The smallest absolute Gasteiger partial charge is 0.370 e. The highest BCUT2D eigenvalue weighted by atomic mass is 19.4. The molecule has 2 aromatic heterocycles. The Morgan fingerprint density at radius 2 is 1.93 bits per heavy atom. The lowest BCUT2D eigenvalue weighted by Crippen LogP contribution is -2.47. The predicted octanol–water partition coefficient (Wildman–Crippen LogP) is 3.23. The number of alkyl halides is 3. The molecule has 30 heavy (non-hydrogen) atoms. The van der Waals surface area contributed by atoms with Crippen LogP contribution < -0.4 is 22.1 Å². The molecule has 3 heterocycles. The molecule has 1 atom stereocenters. The Balaban J connectivity index is 1.70. The van der Waals surface area contributed by atoms with Crippen molar-refractivity contribution in [3.63, 3.8) is 0 Å². The summed E-state index contributed by atoms with van der Waals surface area (Å²) in [4.78, 5) is 11.1. The summed E-state index contributed by atoms with van der Waals surface area (Å²) >= 11 is 0. The van der Waals surface area contributed by atoms with Crippen molar-refractivity contribution in [1.82, 2.24) is 15.3 Å². The minimum atomic E-state index is -4.72. The van der Waals surface area contributed by atoms with E-state index in [0.717, 1.165) is 17.0 Å². The summed E-state index contributed by atoms with van der Waals surface area (Å²) in [5, 5.41) is 5.71. The second-order valence-electron chi connectivity index (χ2n) is 6.88. The largest absolute Gasteiger partial charge is 0.431 e. The number of allylic oxidation sites excluding steroid dienone is 1. The van der Waals surface area contributed by atoms with Crippen LogP contribution in [0.3, 0.4) is 0 Å². The van der Waals surface area contributed by atoms with Crippen LogP contribution in [0.1, 0.15) is 11.1 Å². The Kier molecular flexibility index (Phi) is 4.42. The zero-order valence-corrected chi connectivity index (χ0v) is 15.6. The first-order valence-corrected chi connectivity index (χ1v) is 8.78. The lowest BCUT2D eigenvalue weighted by Gasteiger charge is -2.29. The topological polar surface area (TPSA) is 117 Å². The summed E-state index contributed by atoms with van der Waals surface area (Å²) in [6.45, 7) is 1.88. The Morgan fingerprint density at radius 1 is 1.17 bits per heavy atom. The second kappa shape index (κ2) is 6.73. The summed E-state index contributed by atoms with van der Waals surface area (Å²) < 4.78 is 54.1. The average Bonchev–Trinajstić information content (AvgIpc) is 3.04. The maximum Gasteiger partial charge on any atom is 0.431 e. The first-order chi connectivity index (χ1) is 14.1. The second-order valence-corrected chi connectivity index (χ2v) is 6.88. The van der Waals surface area contributed by atoms with Crippen molar-refractivity contribution in [2.24, 2.45) is 16.5 Å². The molecule has 1 aliphatic heterocycles. The van der Waals surface area contributed by atoms with Crippen LogP contribution in [-0.4, -0.2) is 22.1 Å². The fourth-order valence-corrected chi connectivity index (χ4v) is 3.29. The molecule has 11 heteroatoms. The highest BCUT2D eigenvalue weighted by molar-refractivity contribution is 5.94. The molecule has 0 radical (unpaired) electrons. The van der Waals surface area contributed by atoms with Crippen molar-refractivity contribution in [2.75, 3.05) is 5.32 Å².